The molecule has 77 heavy (non-hydrogen) atoms. The molecule has 4 N–H and O–H groups in total. The average Bonchev–Trinajstić information content (AvgIpc) is 3.39. The van der Waals surface area contributed by atoms with Crippen molar-refractivity contribution in [1.29, 1.82) is 0 Å². The summed E-state index contributed by atoms with van der Waals surface area (Å²) in [6.07, 6.45) is 81.2. The molecule has 0 heterocycles. The van der Waals surface area contributed by atoms with E-state index in [1.165, 1.54) is 77.0 Å². The van der Waals surface area contributed by atoms with Gasteiger partial charge in [-0.25, -0.2) is 4.57 Å². The van der Waals surface area contributed by atoms with Crippen molar-refractivity contribution in [1.82, 2.24) is 5.32 Å². The third kappa shape index (κ3) is 57.1. The maximum absolute atomic E-state index is 13.0. The van der Waals surface area contributed by atoms with Gasteiger partial charge in [-0.05, 0) is 96.3 Å². The van der Waals surface area contributed by atoms with Crippen LogP contribution in [0.15, 0.2) is 134 Å². The molecule has 0 bridgehead atoms. The second-order valence-corrected chi connectivity index (χ2v) is 22.9. The minimum absolute atomic E-state index is 0.0131. The molecule has 4 unspecified atom stereocenters. The number of phosphoric ester groups is 1. The number of hydrogen-bond donors (Lipinski definition) is 4. The molecule has 4 atom stereocenters. The molecule has 0 spiro atoms. The molecule has 0 fully saturated rings. The third-order valence-electron chi connectivity index (χ3n) is 13.0. The van der Waals surface area contributed by atoms with Gasteiger partial charge in [-0.15, -0.1) is 0 Å². The lowest BCUT2D eigenvalue weighted by molar-refractivity contribution is -0.870. The van der Waals surface area contributed by atoms with Gasteiger partial charge in [0.05, 0.1) is 39.9 Å². The van der Waals surface area contributed by atoms with Gasteiger partial charge in [-0.2, -0.15) is 0 Å². The van der Waals surface area contributed by atoms with Gasteiger partial charge < -0.3 is 24.9 Å². The lowest BCUT2D eigenvalue weighted by atomic mass is 9.99. The van der Waals surface area contributed by atoms with Crippen molar-refractivity contribution in [3.05, 3.63) is 134 Å². The Morgan fingerprint density at radius 2 is 0.805 bits per heavy atom. The number of nitrogens with zero attached hydrogens (tertiary/aromatic N) is 1. The molecule has 10 heteroatoms. The van der Waals surface area contributed by atoms with E-state index in [9.17, 15) is 24.5 Å². The predicted octanol–water partition coefficient (Wildman–Crippen LogP) is 18.1. The summed E-state index contributed by atoms with van der Waals surface area (Å²) in [6, 6.07) is -1.05. The van der Waals surface area contributed by atoms with Gasteiger partial charge in [-0.3, -0.25) is 13.8 Å². The van der Waals surface area contributed by atoms with E-state index in [0.717, 1.165) is 116 Å². The molecule has 0 aliphatic rings. The maximum Gasteiger partial charge on any atom is 0.472 e. The highest BCUT2D eigenvalue weighted by molar-refractivity contribution is 7.47. The fraction of sp³-hybridized carbons (Fsp3) is 0.657. The van der Waals surface area contributed by atoms with E-state index in [1.807, 2.05) is 21.1 Å². The van der Waals surface area contributed by atoms with Crippen molar-refractivity contribution in [2.45, 2.75) is 244 Å². The predicted molar refractivity (Wildman–Crippen MR) is 333 cm³/mol. The number of carbonyl (C=O) groups excluding carboxylic acids is 1. The number of hydrogen-bond acceptors (Lipinski definition) is 6. The molecule has 0 aromatic rings. The molecule has 0 aliphatic heterocycles. The van der Waals surface area contributed by atoms with Crippen molar-refractivity contribution in [3.63, 3.8) is 0 Å². The van der Waals surface area contributed by atoms with E-state index in [0.29, 0.717) is 23.9 Å². The molecule has 1 amide bonds. The highest BCUT2D eigenvalue weighted by Crippen LogP contribution is 2.43. The van der Waals surface area contributed by atoms with Gasteiger partial charge in [-0.1, -0.05) is 257 Å². The molecule has 0 aromatic heterocycles. The van der Waals surface area contributed by atoms with Crippen LogP contribution in [0, 0.1) is 0 Å². The number of quaternary nitrogens is 1. The number of unbranched alkanes of at least 4 members (excludes halogenated alkanes) is 18. The highest BCUT2D eigenvalue weighted by atomic mass is 31.2. The minimum Gasteiger partial charge on any atom is -0.390 e. The number of carbonyl (C=O) groups is 1. The summed E-state index contributed by atoms with van der Waals surface area (Å²) in [6.45, 7) is 4.47. The number of nitrogens with one attached hydrogen (secondary N) is 1. The van der Waals surface area contributed by atoms with Gasteiger partial charge in [0, 0.05) is 6.42 Å². The molecular weight excluding hydrogens is 976 g/mol. The van der Waals surface area contributed by atoms with E-state index in [2.05, 4.69) is 153 Å². The smallest absolute Gasteiger partial charge is 0.390 e. The van der Waals surface area contributed by atoms with E-state index < -0.39 is 32.7 Å². The van der Waals surface area contributed by atoms with Crippen LogP contribution in [0.25, 0.3) is 0 Å². The van der Waals surface area contributed by atoms with Crippen molar-refractivity contribution >= 4 is 13.7 Å². The molecule has 440 valence electrons. The standard InChI is InChI=1S/C67H115N2O7P/c1-6-8-10-12-14-16-18-20-21-22-23-24-25-26-27-28-29-30-31-32-33-34-35-36-37-38-39-40-41-42-43-44-45-46-47-48-50-52-54-56-58-60-66(71)68-64(63-76-77(73,74)75-62-61-69(3,4)5)67(72)65(70)59-57-55-53-51-49-19-17-15-13-11-9-7-2/h8,10,14,16,20-21,23-24,26-27,29-30,32-33,35-36,38-39,41-42,44-45,64-65,67,70,72H,6-7,9,11-13,15,17-19,22,25,28,31,34,37,40,43,46-63H2,1-5H3,(H-,68,71,73,74)/p+1/b10-8-,16-14-,21-20-,24-23-,27-26-,30-29-,33-32-,36-35-,39-38-,42-41-,45-44-. The normalized spacial score (nSPS) is 15.2. The number of amides is 1. The largest absolute Gasteiger partial charge is 0.472 e. The second kappa shape index (κ2) is 55.9. The van der Waals surface area contributed by atoms with Crippen LogP contribution in [-0.4, -0.2) is 84.6 Å². The van der Waals surface area contributed by atoms with Crippen molar-refractivity contribution in [3.8, 4) is 0 Å². The Kier molecular flexibility index (Phi) is 53.4. The number of aliphatic hydroxyl groups is 2. The third-order valence-corrected chi connectivity index (χ3v) is 14.0. The number of aliphatic hydroxyl groups excluding tert-OH is 2. The summed E-state index contributed by atoms with van der Waals surface area (Å²) in [5.41, 5.74) is 0. The summed E-state index contributed by atoms with van der Waals surface area (Å²) in [5, 5.41) is 24.8. The van der Waals surface area contributed by atoms with Crippen molar-refractivity contribution in [2.24, 2.45) is 0 Å². The number of phosphoric acid groups is 1. The van der Waals surface area contributed by atoms with Gasteiger partial charge >= 0.3 is 7.82 Å². The molecular formula is C67H116N2O7P+. The van der Waals surface area contributed by atoms with Crippen LogP contribution in [0.3, 0.4) is 0 Å². The topological polar surface area (TPSA) is 125 Å². The SMILES string of the molecule is CC/C=C\C/C=C\C/C=C\C/C=C\C/C=C\C/C=C\C/C=C\C/C=C\C/C=C\C/C=C\C/C=C\CCCCCCCCCC(=O)NC(COP(=O)(O)OCC[N+](C)(C)C)C(O)C(O)CCCCCCCCCCCCCC. The zero-order chi connectivity index (χ0) is 56.4. The summed E-state index contributed by atoms with van der Waals surface area (Å²) in [4.78, 5) is 23.3. The number of rotatable bonds is 54. The summed E-state index contributed by atoms with van der Waals surface area (Å²) in [5.74, 6) is -0.275. The van der Waals surface area contributed by atoms with Crippen LogP contribution >= 0.6 is 7.82 Å². The van der Waals surface area contributed by atoms with E-state index in [1.54, 1.807) is 0 Å². The Morgan fingerprint density at radius 1 is 0.468 bits per heavy atom. The summed E-state index contributed by atoms with van der Waals surface area (Å²) >= 11 is 0. The Bertz CT molecular complexity index is 1730. The zero-order valence-corrected chi connectivity index (χ0v) is 50.7. The van der Waals surface area contributed by atoms with E-state index in [4.69, 9.17) is 9.05 Å². The molecule has 9 nitrogen and oxygen atoms in total. The highest BCUT2D eigenvalue weighted by Gasteiger charge is 2.32. The molecule has 0 aromatic carbocycles. The molecule has 0 saturated carbocycles. The van der Waals surface area contributed by atoms with E-state index in [-0.39, 0.29) is 18.9 Å². The van der Waals surface area contributed by atoms with Crippen LogP contribution in [0.5, 0.6) is 0 Å². The van der Waals surface area contributed by atoms with Crippen molar-refractivity contribution in [2.75, 3.05) is 40.9 Å². The molecule has 0 radical (unpaired) electrons. The monoisotopic (exact) mass is 1090 g/mol. The van der Waals surface area contributed by atoms with Gasteiger partial charge in [0.1, 0.15) is 19.3 Å². The Labute approximate surface area is 473 Å². The van der Waals surface area contributed by atoms with Gasteiger partial charge in [0.2, 0.25) is 5.91 Å². The average molecular weight is 1090 g/mol. The second-order valence-electron chi connectivity index (χ2n) is 21.5. The Morgan fingerprint density at radius 3 is 1.18 bits per heavy atom. The van der Waals surface area contributed by atoms with Crippen LogP contribution in [0.4, 0.5) is 0 Å². The summed E-state index contributed by atoms with van der Waals surface area (Å²) in [7, 11) is 1.41. The number of allylic oxidation sites excluding steroid dienone is 22. The fourth-order valence-electron chi connectivity index (χ4n) is 8.21. The lowest BCUT2D eigenvalue weighted by Crippen LogP contribution is -2.51. The Balaban J connectivity index is 4.17. The van der Waals surface area contributed by atoms with E-state index >= 15 is 0 Å². The van der Waals surface area contributed by atoms with Crippen molar-refractivity contribution < 1.29 is 38.0 Å². The van der Waals surface area contributed by atoms with Crippen LogP contribution in [0.1, 0.15) is 226 Å². The minimum atomic E-state index is -4.43. The van der Waals surface area contributed by atoms with Gasteiger partial charge in [0.15, 0.2) is 0 Å². The zero-order valence-electron chi connectivity index (χ0n) is 49.8. The summed E-state index contributed by atoms with van der Waals surface area (Å²) < 4.78 is 23.6. The van der Waals surface area contributed by atoms with Crippen LogP contribution in [0.2, 0.25) is 0 Å². The first-order valence-electron chi connectivity index (χ1n) is 30.6. The number of likely N-dealkylation sites (N-methyl/N-ethyl adjacent to an activating group) is 1. The lowest BCUT2D eigenvalue weighted by Gasteiger charge is -2.28. The molecule has 0 saturated heterocycles. The Hall–Kier alpha value is -3.40. The first kappa shape index (κ1) is 73.6. The fourth-order valence-corrected chi connectivity index (χ4v) is 8.94. The molecule has 0 aliphatic carbocycles. The first-order valence-corrected chi connectivity index (χ1v) is 32.1. The molecule has 0 rings (SSSR count). The maximum atomic E-state index is 13.0. The van der Waals surface area contributed by atoms with Crippen LogP contribution < -0.4 is 5.32 Å². The first-order chi connectivity index (χ1) is 37.4. The van der Waals surface area contributed by atoms with Crippen LogP contribution in [-0.2, 0) is 18.4 Å². The van der Waals surface area contributed by atoms with Gasteiger partial charge in [0.25, 0.3) is 0 Å². The quantitative estimate of drug-likeness (QED) is 0.0207.